The van der Waals surface area contributed by atoms with Crippen LogP contribution in [0.15, 0.2) is 42.0 Å². The fourth-order valence-corrected chi connectivity index (χ4v) is 1.41. The lowest BCUT2D eigenvalue weighted by atomic mass is 10.1. The lowest BCUT2D eigenvalue weighted by Gasteiger charge is -2.02. The molecule has 0 saturated heterocycles. The van der Waals surface area contributed by atoms with Crippen LogP contribution < -0.4 is 4.74 Å². The number of hydrogen-bond acceptors (Lipinski definition) is 4. The zero-order valence-corrected chi connectivity index (χ0v) is 10.9. The van der Waals surface area contributed by atoms with E-state index in [1.807, 2.05) is 24.3 Å². The largest absolute Gasteiger partial charge is 0.496 e. The second-order valence-electron chi connectivity index (χ2n) is 3.51. The molecule has 0 saturated carbocycles. The lowest BCUT2D eigenvalue weighted by Crippen LogP contribution is -2.05. The Morgan fingerprint density at radius 3 is 2.79 bits per heavy atom. The van der Waals surface area contributed by atoms with Crippen LogP contribution in [0, 0.1) is 11.3 Å². The molecule has 19 heavy (non-hydrogen) atoms. The van der Waals surface area contributed by atoms with E-state index in [1.54, 1.807) is 32.3 Å². The van der Waals surface area contributed by atoms with Crippen molar-refractivity contribution in [3.05, 3.63) is 47.6 Å². The van der Waals surface area contributed by atoms with Crippen LogP contribution in [-0.2, 0) is 9.53 Å². The summed E-state index contributed by atoms with van der Waals surface area (Å²) in [5, 5.41) is 8.84. The molecule has 0 aromatic heterocycles. The molecule has 0 aliphatic carbocycles. The maximum absolute atomic E-state index is 11.4. The maximum Gasteiger partial charge on any atom is 0.348 e. The van der Waals surface area contributed by atoms with Crippen LogP contribution in [0.5, 0.6) is 5.75 Å². The Morgan fingerprint density at radius 2 is 2.16 bits per heavy atom. The number of hydrogen-bond donors (Lipinski definition) is 0. The van der Waals surface area contributed by atoms with E-state index >= 15 is 0 Å². The molecule has 1 rings (SSSR count). The van der Waals surface area contributed by atoms with Crippen molar-refractivity contribution in [2.24, 2.45) is 0 Å². The Bertz CT molecular complexity index is 539. The number of carbonyl (C=O) groups is 1. The van der Waals surface area contributed by atoms with Crippen molar-refractivity contribution in [1.29, 1.82) is 5.26 Å². The van der Waals surface area contributed by atoms with Crippen molar-refractivity contribution < 1.29 is 14.3 Å². The van der Waals surface area contributed by atoms with Gasteiger partial charge in [0.25, 0.3) is 0 Å². The van der Waals surface area contributed by atoms with Gasteiger partial charge in [0.15, 0.2) is 0 Å². The van der Waals surface area contributed by atoms with E-state index in [2.05, 4.69) is 0 Å². The summed E-state index contributed by atoms with van der Waals surface area (Å²) in [5.74, 6) is 0.108. The van der Waals surface area contributed by atoms with Gasteiger partial charge in [-0.3, -0.25) is 0 Å². The first-order valence-electron chi connectivity index (χ1n) is 5.81. The van der Waals surface area contributed by atoms with Gasteiger partial charge in [0.2, 0.25) is 0 Å². The summed E-state index contributed by atoms with van der Waals surface area (Å²) in [7, 11) is 1.59. The van der Waals surface area contributed by atoms with Crippen LogP contribution in [0.4, 0.5) is 0 Å². The number of para-hydroxylation sites is 1. The van der Waals surface area contributed by atoms with E-state index < -0.39 is 5.97 Å². The molecular weight excluding hydrogens is 242 g/mol. The molecule has 0 aliphatic heterocycles. The first-order valence-corrected chi connectivity index (χ1v) is 5.81. The first kappa shape index (κ1) is 14.5. The summed E-state index contributed by atoms with van der Waals surface area (Å²) in [5.41, 5.74) is 0.829. The molecule has 1 aromatic carbocycles. The minimum Gasteiger partial charge on any atom is -0.496 e. The fraction of sp³-hybridized carbons (Fsp3) is 0.200. The van der Waals surface area contributed by atoms with Crippen molar-refractivity contribution in [2.75, 3.05) is 13.7 Å². The van der Waals surface area contributed by atoms with Gasteiger partial charge in [0.05, 0.1) is 13.7 Å². The van der Waals surface area contributed by atoms with Gasteiger partial charge in [0, 0.05) is 5.56 Å². The summed E-state index contributed by atoms with van der Waals surface area (Å²) in [6.45, 7) is 1.94. The topological polar surface area (TPSA) is 59.3 Å². The Labute approximate surface area is 112 Å². The van der Waals surface area contributed by atoms with E-state index in [-0.39, 0.29) is 12.2 Å². The molecule has 0 unspecified atom stereocenters. The van der Waals surface area contributed by atoms with Gasteiger partial charge >= 0.3 is 5.97 Å². The normalized spacial score (nSPS) is 11.1. The zero-order chi connectivity index (χ0) is 14.1. The van der Waals surface area contributed by atoms with Gasteiger partial charge in [-0.25, -0.2) is 4.79 Å². The molecule has 0 bridgehead atoms. The van der Waals surface area contributed by atoms with Gasteiger partial charge in [-0.15, -0.1) is 0 Å². The van der Waals surface area contributed by atoms with Gasteiger partial charge in [0.1, 0.15) is 17.4 Å². The Balaban J connectivity index is 2.86. The van der Waals surface area contributed by atoms with Crippen LogP contribution in [0.25, 0.3) is 6.08 Å². The van der Waals surface area contributed by atoms with Crippen molar-refractivity contribution in [3.63, 3.8) is 0 Å². The molecular formula is C15H15NO3. The number of ether oxygens (including phenoxy) is 2. The monoisotopic (exact) mass is 257 g/mol. The SMILES string of the molecule is CCOC(=O)/C(C#N)=C/C=C/c1ccccc1OC. The minimum absolute atomic E-state index is 0.0343. The van der Waals surface area contributed by atoms with Crippen molar-refractivity contribution in [1.82, 2.24) is 0 Å². The molecule has 1 aromatic rings. The van der Waals surface area contributed by atoms with Crippen LogP contribution in [0.1, 0.15) is 12.5 Å². The standard InChI is InChI=1S/C15H15NO3/c1-3-19-15(17)13(11-16)9-6-8-12-7-4-5-10-14(12)18-2/h4-10H,3H2,1-2H3/b8-6+,13-9+. The Kier molecular flexibility index (Phi) is 5.90. The zero-order valence-electron chi connectivity index (χ0n) is 10.9. The molecule has 98 valence electrons. The van der Waals surface area contributed by atoms with Crippen LogP contribution >= 0.6 is 0 Å². The van der Waals surface area contributed by atoms with Crippen LogP contribution in [-0.4, -0.2) is 19.7 Å². The van der Waals surface area contributed by atoms with Gasteiger partial charge in [-0.2, -0.15) is 5.26 Å². The minimum atomic E-state index is -0.616. The molecule has 0 spiro atoms. The van der Waals surface area contributed by atoms with Gasteiger partial charge in [-0.05, 0) is 19.1 Å². The summed E-state index contributed by atoms with van der Waals surface area (Å²) < 4.78 is 9.94. The van der Waals surface area contributed by atoms with E-state index in [0.29, 0.717) is 0 Å². The van der Waals surface area contributed by atoms with Crippen LogP contribution in [0.2, 0.25) is 0 Å². The molecule has 0 radical (unpaired) electrons. The highest BCUT2D eigenvalue weighted by Gasteiger charge is 2.07. The molecule has 0 aliphatic rings. The molecule has 0 amide bonds. The van der Waals surface area contributed by atoms with Crippen molar-refractivity contribution >= 4 is 12.0 Å². The van der Waals surface area contributed by atoms with E-state index in [9.17, 15) is 4.79 Å². The molecule has 0 N–H and O–H groups in total. The average molecular weight is 257 g/mol. The molecule has 4 heteroatoms. The van der Waals surface area contributed by atoms with E-state index in [0.717, 1.165) is 11.3 Å². The number of rotatable bonds is 5. The number of carbonyl (C=O) groups excluding carboxylic acids is 1. The molecule has 0 heterocycles. The fourth-order valence-electron chi connectivity index (χ4n) is 1.41. The predicted octanol–water partition coefficient (Wildman–Crippen LogP) is 2.72. The second kappa shape index (κ2) is 7.72. The third-order valence-electron chi connectivity index (χ3n) is 2.29. The number of esters is 1. The van der Waals surface area contributed by atoms with Gasteiger partial charge in [-0.1, -0.05) is 30.4 Å². The maximum atomic E-state index is 11.4. The third kappa shape index (κ3) is 4.32. The Hall–Kier alpha value is -2.54. The average Bonchev–Trinajstić information content (AvgIpc) is 2.44. The van der Waals surface area contributed by atoms with E-state index in [4.69, 9.17) is 14.7 Å². The summed E-state index contributed by atoms with van der Waals surface area (Å²) in [4.78, 5) is 11.4. The number of nitrogens with zero attached hydrogens (tertiary/aromatic N) is 1. The van der Waals surface area contributed by atoms with Crippen molar-refractivity contribution in [2.45, 2.75) is 6.92 Å². The van der Waals surface area contributed by atoms with Crippen LogP contribution in [0.3, 0.4) is 0 Å². The molecule has 4 nitrogen and oxygen atoms in total. The summed E-state index contributed by atoms with van der Waals surface area (Å²) in [6, 6.07) is 9.26. The second-order valence-corrected chi connectivity index (χ2v) is 3.51. The number of nitriles is 1. The first-order chi connectivity index (χ1) is 9.22. The molecule has 0 atom stereocenters. The predicted molar refractivity (Wildman–Crippen MR) is 72.4 cm³/mol. The molecule has 0 fully saturated rings. The number of methoxy groups -OCH3 is 1. The quantitative estimate of drug-likeness (QED) is 0.352. The smallest absolute Gasteiger partial charge is 0.348 e. The highest BCUT2D eigenvalue weighted by atomic mass is 16.5. The third-order valence-corrected chi connectivity index (χ3v) is 2.29. The summed E-state index contributed by atoms with van der Waals surface area (Å²) in [6.07, 6.45) is 4.80. The highest BCUT2D eigenvalue weighted by molar-refractivity contribution is 5.93. The van der Waals surface area contributed by atoms with Gasteiger partial charge < -0.3 is 9.47 Å². The number of allylic oxidation sites excluding steroid dienone is 2. The van der Waals surface area contributed by atoms with E-state index in [1.165, 1.54) is 6.08 Å². The van der Waals surface area contributed by atoms with Crippen molar-refractivity contribution in [3.8, 4) is 11.8 Å². The Morgan fingerprint density at radius 1 is 1.42 bits per heavy atom. The lowest BCUT2D eigenvalue weighted by molar-refractivity contribution is -0.138. The highest BCUT2D eigenvalue weighted by Crippen LogP contribution is 2.18. The summed E-state index contributed by atoms with van der Waals surface area (Å²) >= 11 is 0. The number of benzene rings is 1.